The van der Waals surface area contributed by atoms with Gasteiger partial charge in [0.15, 0.2) is 0 Å². The molecule has 0 rings (SSSR count). The van der Waals surface area contributed by atoms with Gasteiger partial charge in [-0.25, -0.2) is 0 Å². The molecule has 0 unspecified atom stereocenters. The van der Waals surface area contributed by atoms with Crippen molar-refractivity contribution < 1.29 is 0 Å². The van der Waals surface area contributed by atoms with Crippen molar-refractivity contribution in [3.63, 3.8) is 0 Å². The van der Waals surface area contributed by atoms with Crippen LogP contribution >= 0.6 is 0 Å². The predicted molar refractivity (Wildman–Crippen MR) is 35.9 cm³/mol. The van der Waals surface area contributed by atoms with Crippen LogP contribution in [0.25, 0.3) is 0 Å². The van der Waals surface area contributed by atoms with E-state index < -0.39 is 0 Å². The molecule has 0 radical (unpaired) electrons. The third kappa shape index (κ3) is 4.71. The minimum atomic E-state index is 1.20. The molecule has 0 bridgehead atoms. The number of hydrogen-bond donors (Lipinski definition) is 1. The Labute approximate surface area is 49.2 Å². The van der Waals surface area contributed by atoms with E-state index in [1.165, 1.54) is 6.21 Å². The molecule has 0 aromatic heterocycles. The van der Waals surface area contributed by atoms with E-state index >= 15 is 0 Å². The summed E-state index contributed by atoms with van der Waals surface area (Å²) in [6, 6.07) is 0. The summed E-state index contributed by atoms with van der Waals surface area (Å²) in [5.41, 5.74) is 0. The Morgan fingerprint density at radius 1 is 1.25 bits per heavy atom. The first-order valence-corrected chi connectivity index (χ1v) is 2.20. The lowest BCUT2D eigenvalue weighted by Crippen LogP contribution is -1.53. The van der Waals surface area contributed by atoms with Crippen LogP contribution in [0.1, 0.15) is 0 Å². The molecule has 1 nitrogen and oxygen atoms in total. The van der Waals surface area contributed by atoms with Crippen LogP contribution in [0, 0.1) is 17.8 Å². The average molecular weight is 105 g/mol. The Hall–Kier alpha value is -1.29. The lowest BCUT2D eigenvalue weighted by Gasteiger charge is -1.64. The highest BCUT2D eigenvalue weighted by molar-refractivity contribution is 5.68. The van der Waals surface area contributed by atoms with Crippen molar-refractivity contribution in [2.75, 3.05) is 0 Å². The zero-order chi connectivity index (χ0) is 6.24. The van der Waals surface area contributed by atoms with Crippen molar-refractivity contribution in [2.24, 2.45) is 0 Å². The van der Waals surface area contributed by atoms with Crippen LogP contribution in [0.2, 0.25) is 0 Å². The minimum Gasteiger partial charge on any atom is -0.309 e. The van der Waals surface area contributed by atoms with Gasteiger partial charge in [0.25, 0.3) is 0 Å². The summed E-state index contributed by atoms with van der Waals surface area (Å²) >= 11 is 0. The van der Waals surface area contributed by atoms with Crippen LogP contribution in [0.4, 0.5) is 0 Å². The number of nitrogens with one attached hydrogen (secondary N) is 1. The summed E-state index contributed by atoms with van der Waals surface area (Å²) in [6.07, 6.45) is 12.6. The van der Waals surface area contributed by atoms with Gasteiger partial charge in [-0.05, 0) is 12.2 Å². The van der Waals surface area contributed by atoms with E-state index in [4.69, 9.17) is 11.8 Å². The molecule has 8 heavy (non-hydrogen) atoms. The maximum atomic E-state index is 6.54. The SMILES string of the molecule is C#C/C=C/C=C/C=N. The van der Waals surface area contributed by atoms with Gasteiger partial charge < -0.3 is 5.41 Å². The van der Waals surface area contributed by atoms with Gasteiger partial charge in [-0.1, -0.05) is 18.1 Å². The van der Waals surface area contributed by atoms with Gasteiger partial charge in [0, 0.05) is 6.21 Å². The second-order valence-corrected chi connectivity index (χ2v) is 1.08. The number of terminal acetylenes is 1. The highest BCUT2D eigenvalue weighted by Gasteiger charge is 1.55. The molecule has 0 heterocycles. The highest BCUT2D eigenvalue weighted by atomic mass is 14.3. The molecule has 40 valence electrons. The van der Waals surface area contributed by atoms with E-state index in [1.54, 1.807) is 24.3 Å². The first-order chi connectivity index (χ1) is 3.91. The molecule has 0 aliphatic heterocycles. The van der Waals surface area contributed by atoms with Gasteiger partial charge in [0.05, 0.1) is 0 Å². The number of rotatable bonds is 2. The van der Waals surface area contributed by atoms with E-state index in [0.29, 0.717) is 0 Å². The smallest absolute Gasteiger partial charge is 0.0177 e. The molecule has 0 aromatic rings. The third-order valence-electron chi connectivity index (χ3n) is 0.511. The van der Waals surface area contributed by atoms with Crippen LogP contribution in [-0.4, -0.2) is 6.21 Å². The van der Waals surface area contributed by atoms with Crippen molar-refractivity contribution in [1.82, 2.24) is 0 Å². The quantitative estimate of drug-likeness (QED) is 0.311. The monoisotopic (exact) mass is 105 g/mol. The van der Waals surface area contributed by atoms with Crippen LogP contribution in [0.3, 0.4) is 0 Å². The van der Waals surface area contributed by atoms with E-state index in [2.05, 4.69) is 5.92 Å². The Balaban J connectivity index is 3.46. The van der Waals surface area contributed by atoms with Gasteiger partial charge >= 0.3 is 0 Å². The summed E-state index contributed by atoms with van der Waals surface area (Å²) in [6.45, 7) is 0. The maximum absolute atomic E-state index is 6.54. The lowest BCUT2D eigenvalue weighted by molar-refractivity contribution is 1.58. The molecular formula is C7H7N. The zero-order valence-electron chi connectivity index (χ0n) is 4.46. The van der Waals surface area contributed by atoms with Crippen molar-refractivity contribution in [3.8, 4) is 12.3 Å². The van der Waals surface area contributed by atoms with E-state index in [0.717, 1.165) is 0 Å². The van der Waals surface area contributed by atoms with Crippen LogP contribution in [-0.2, 0) is 0 Å². The molecule has 1 N–H and O–H groups in total. The lowest BCUT2D eigenvalue weighted by atomic mass is 10.4. The summed E-state index contributed by atoms with van der Waals surface area (Å²) in [5, 5.41) is 6.54. The summed E-state index contributed by atoms with van der Waals surface area (Å²) in [7, 11) is 0. The molecule has 0 spiro atoms. The van der Waals surface area contributed by atoms with Crippen molar-refractivity contribution in [3.05, 3.63) is 24.3 Å². The second kappa shape index (κ2) is 5.71. The van der Waals surface area contributed by atoms with Gasteiger partial charge in [-0.15, -0.1) is 6.42 Å². The number of hydrogen-bond acceptors (Lipinski definition) is 1. The van der Waals surface area contributed by atoms with E-state index in [-0.39, 0.29) is 0 Å². The Morgan fingerprint density at radius 3 is 2.50 bits per heavy atom. The van der Waals surface area contributed by atoms with Gasteiger partial charge in [-0.3, -0.25) is 0 Å². The zero-order valence-corrected chi connectivity index (χ0v) is 4.46. The molecule has 0 atom stereocenters. The van der Waals surface area contributed by atoms with Crippen molar-refractivity contribution in [1.29, 1.82) is 5.41 Å². The van der Waals surface area contributed by atoms with Gasteiger partial charge in [-0.2, -0.15) is 0 Å². The number of allylic oxidation sites excluding steroid dienone is 4. The fraction of sp³-hybridized carbons (Fsp3) is 0. The first-order valence-electron chi connectivity index (χ1n) is 2.20. The standard InChI is InChI=1S/C7H7N/c1-2-3-4-5-6-7-8/h1,3-8H/b4-3+,6-5+,8-7?. The minimum absolute atomic E-state index is 1.20. The molecule has 0 aliphatic rings. The highest BCUT2D eigenvalue weighted by Crippen LogP contribution is 1.71. The van der Waals surface area contributed by atoms with Gasteiger partial charge in [0.2, 0.25) is 0 Å². The van der Waals surface area contributed by atoms with Crippen LogP contribution < -0.4 is 0 Å². The fourth-order valence-corrected chi connectivity index (χ4v) is 0.231. The summed E-state index contributed by atoms with van der Waals surface area (Å²) in [5.74, 6) is 2.32. The Morgan fingerprint density at radius 2 is 2.00 bits per heavy atom. The maximum Gasteiger partial charge on any atom is 0.0177 e. The topological polar surface area (TPSA) is 23.9 Å². The largest absolute Gasteiger partial charge is 0.309 e. The second-order valence-electron chi connectivity index (χ2n) is 1.08. The molecule has 0 amide bonds. The normalized spacial score (nSPS) is 9.88. The van der Waals surface area contributed by atoms with Crippen LogP contribution in [0.5, 0.6) is 0 Å². The third-order valence-corrected chi connectivity index (χ3v) is 0.511. The first kappa shape index (κ1) is 6.71. The molecular weight excluding hydrogens is 98.1 g/mol. The summed E-state index contributed by atoms with van der Waals surface area (Å²) in [4.78, 5) is 0. The van der Waals surface area contributed by atoms with Crippen molar-refractivity contribution in [2.45, 2.75) is 0 Å². The molecule has 0 aliphatic carbocycles. The Kier molecular flexibility index (Phi) is 4.79. The fourth-order valence-electron chi connectivity index (χ4n) is 0.231. The van der Waals surface area contributed by atoms with Crippen molar-refractivity contribution >= 4 is 6.21 Å². The van der Waals surface area contributed by atoms with E-state index in [9.17, 15) is 0 Å². The predicted octanol–water partition coefficient (Wildman–Crippen LogP) is 1.38. The van der Waals surface area contributed by atoms with Crippen LogP contribution in [0.15, 0.2) is 24.3 Å². The molecule has 0 aromatic carbocycles. The Bertz CT molecular complexity index is 146. The summed E-state index contributed by atoms with van der Waals surface area (Å²) < 4.78 is 0. The van der Waals surface area contributed by atoms with E-state index in [1.807, 2.05) is 0 Å². The molecule has 1 heteroatoms. The molecule has 0 saturated heterocycles. The molecule has 0 fully saturated rings. The average Bonchev–Trinajstić information content (AvgIpc) is 1.81. The van der Waals surface area contributed by atoms with Gasteiger partial charge in [0.1, 0.15) is 0 Å². The molecule has 0 saturated carbocycles.